The van der Waals surface area contributed by atoms with Gasteiger partial charge in [-0.15, -0.1) is 0 Å². The van der Waals surface area contributed by atoms with Crippen molar-refractivity contribution in [1.29, 1.82) is 0 Å². The summed E-state index contributed by atoms with van der Waals surface area (Å²) in [4.78, 5) is 17.3. The summed E-state index contributed by atoms with van der Waals surface area (Å²) in [5, 5.41) is 3.00. The SMILES string of the molecule is Cc1ccc(C)c(OCCCn2c(CNC(=O)c3ccc(Br)cc3)nc3ccccc32)c1. The normalized spacial score (nSPS) is 11.0. The summed E-state index contributed by atoms with van der Waals surface area (Å²) >= 11 is 3.40. The van der Waals surface area contributed by atoms with Crippen molar-refractivity contribution in [3.8, 4) is 5.75 Å². The van der Waals surface area contributed by atoms with Crippen LogP contribution in [0.15, 0.2) is 71.2 Å². The highest BCUT2D eigenvalue weighted by atomic mass is 79.9. The van der Waals surface area contributed by atoms with E-state index in [0.29, 0.717) is 18.7 Å². The number of fused-ring (bicyclic) bond motifs is 1. The number of carbonyl (C=O) groups is 1. The molecule has 4 aromatic rings. The Balaban J connectivity index is 1.43. The minimum absolute atomic E-state index is 0.116. The summed E-state index contributed by atoms with van der Waals surface area (Å²) in [6, 6.07) is 21.6. The largest absolute Gasteiger partial charge is 0.493 e. The molecule has 0 aliphatic heterocycles. The molecule has 5 nitrogen and oxygen atoms in total. The summed E-state index contributed by atoms with van der Waals surface area (Å²) in [5.74, 6) is 1.65. The number of aromatic nitrogens is 2. The van der Waals surface area contributed by atoms with Crippen LogP contribution in [-0.2, 0) is 13.1 Å². The fourth-order valence-corrected chi connectivity index (χ4v) is 3.90. The molecule has 3 aromatic carbocycles. The smallest absolute Gasteiger partial charge is 0.251 e. The molecule has 32 heavy (non-hydrogen) atoms. The minimum Gasteiger partial charge on any atom is -0.493 e. The van der Waals surface area contributed by atoms with Crippen LogP contribution < -0.4 is 10.1 Å². The molecule has 0 aliphatic rings. The van der Waals surface area contributed by atoms with E-state index in [0.717, 1.165) is 45.6 Å². The number of carbonyl (C=O) groups excluding carboxylic acids is 1. The molecule has 0 aliphatic carbocycles. The van der Waals surface area contributed by atoms with Gasteiger partial charge in [-0.2, -0.15) is 0 Å². The maximum atomic E-state index is 12.5. The summed E-state index contributed by atoms with van der Waals surface area (Å²) in [6.07, 6.45) is 0.835. The highest BCUT2D eigenvalue weighted by Crippen LogP contribution is 2.20. The van der Waals surface area contributed by atoms with E-state index < -0.39 is 0 Å². The first-order valence-corrected chi connectivity index (χ1v) is 11.5. The van der Waals surface area contributed by atoms with E-state index in [1.54, 1.807) is 12.1 Å². The molecule has 0 bridgehead atoms. The average molecular weight is 492 g/mol. The van der Waals surface area contributed by atoms with Crippen LogP contribution in [-0.4, -0.2) is 22.1 Å². The van der Waals surface area contributed by atoms with Crippen LogP contribution in [0.3, 0.4) is 0 Å². The second-order valence-corrected chi connectivity index (χ2v) is 8.74. The quantitative estimate of drug-likeness (QED) is 0.316. The van der Waals surface area contributed by atoms with Crippen molar-refractivity contribution < 1.29 is 9.53 Å². The van der Waals surface area contributed by atoms with Gasteiger partial charge in [0.1, 0.15) is 11.6 Å². The third-order valence-electron chi connectivity index (χ3n) is 5.37. The Hall–Kier alpha value is -3.12. The van der Waals surface area contributed by atoms with Gasteiger partial charge in [0.15, 0.2) is 0 Å². The number of imidazole rings is 1. The lowest BCUT2D eigenvalue weighted by Gasteiger charge is -2.12. The first kappa shape index (κ1) is 22.1. The molecular weight excluding hydrogens is 466 g/mol. The monoisotopic (exact) mass is 491 g/mol. The number of amides is 1. The molecule has 1 heterocycles. The first-order chi connectivity index (χ1) is 15.5. The molecular formula is C26H26BrN3O2. The third kappa shape index (κ3) is 5.19. The lowest BCUT2D eigenvalue weighted by atomic mass is 10.1. The Labute approximate surface area is 196 Å². The van der Waals surface area contributed by atoms with Crippen LogP contribution in [0, 0.1) is 13.8 Å². The van der Waals surface area contributed by atoms with Gasteiger partial charge >= 0.3 is 0 Å². The van der Waals surface area contributed by atoms with Gasteiger partial charge < -0.3 is 14.6 Å². The van der Waals surface area contributed by atoms with Crippen molar-refractivity contribution in [2.75, 3.05) is 6.61 Å². The van der Waals surface area contributed by atoms with Crippen molar-refractivity contribution in [3.05, 3.63) is 93.7 Å². The van der Waals surface area contributed by atoms with Crippen LogP contribution in [0.2, 0.25) is 0 Å². The second-order valence-electron chi connectivity index (χ2n) is 7.83. The van der Waals surface area contributed by atoms with Crippen LogP contribution in [0.4, 0.5) is 0 Å². The molecule has 1 N–H and O–H groups in total. The lowest BCUT2D eigenvalue weighted by Crippen LogP contribution is -2.25. The van der Waals surface area contributed by atoms with Gasteiger partial charge in [-0.1, -0.05) is 40.2 Å². The van der Waals surface area contributed by atoms with Crippen molar-refractivity contribution >= 4 is 32.9 Å². The highest BCUT2D eigenvalue weighted by molar-refractivity contribution is 9.10. The molecule has 6 heteroatoms. The summed E-state index contributed by atoms with van der Waals surface area (Å²) in [6.45, 7) is 5.86. The minimum atomic E-state index is -0.116. The van der Waals surface area contributed by atoms with E-state index >= 15 is 0 Å². The molecule has 164 valence electrons. The van der Waals surface area contributed by atoms with Crippen LogP contribution in [0.25, 0.3) is 11.0 Å². The van der Waals surface area contributed by atoms with E-state index in [-0.39, 0.29) is 5.91 Å². The van der Waals surface area contributed by atoms with E-state index in [1.807, 2.05) is 30.3 Å². The number of hydrogen-bond acceptors (Lipinski definition) is 3. The number of halogens is 1. The van der Waals surface area contributed by atoms with E-state index in [9.17, 15) is 4.79 Å². The molecule has 4 rings (SSSR count). The number of rotatable bonds is 8. The van der Waals surface area contributed by atoms with Crippen molar-refractivity contribution in [2.24, 2.45) is 0 Å². The third-order valence-corrected chi connectivity index (χ3v) is 5.90. The molecule has 0 atom stereocenters. The van der Waals surface area contributed by atoms with Crippen molar-refractivity contribution in [1.82, 2.24) is 14.9 Å². The van der Waals surface area contributed by atoms with E-state index in [2.05, 4.69) is 63.9 Å². The second kappa shape index (κ2) is 10.0. The van der Waals surface area contributed by atoms with Gasteiger partial charge in [0.05, 0.1) is 24.2 Å². The standard InChI is InChI=1S/C26H26BrN3O2/c1-18-8-9-19(2)24(16-18)32-15-5-14-30-23-7-4-3-6-22(23)29-25(30)17-28-26(31)20-10-12-21(27)13-11-20/h3-4,6-13,16H,5,14-15,17H2,1-2H3,(H,28,31). The van der Waals surface area contributed by atoms with Gasteiger partial charge in [-0.05, 0) is 73.9 Å². The maximum absolute atomic E-state index is 12.5. The summed E-state index contributed by atoms with van der Waals surface area (Å²) in [5.41, 5.74) is 4.94. The summed E-state index contributed by atoms with van der Waals surface area (Å²) in [7, 11) is 0. The molecule has 0 radical (unpaired) electrons. The maximum Gasteiger partial charge on any atom is 0.251 e. The Morgan fingerprint density at radius 2 is 1.84 bits per heavy atom. The molecule has 0 fully saturated rings. The fraction of sp³-hybridized carbons (Fsp3) is 0.231. The van der Waals surface area contributed by atoms with Crippen LogP contribution in [0.1, 0.15) is 33.7 Å². The molecule has 1 aromatic heterocycles. The zero-order chi connectivity index (χ0) is 22.5. The Morgan fingerprint density at radius 1 is 1.06 bits per heavy atom. The number of nitrogens with one attached hydrogen (secondary N) is 1. The number of aryl methyl sites for hydroxylation is 3. The Kier molecular flexibility index (Phi) is 6.90. The molecule has 0 saturated carbocycles. The molecule has 1 amide bonds. The fourth-order valence-electron chi connectivity index (χ4n) is 3.64. The molecule has 0 spiro atoms. The number of benzene rings is 3. The topological polar surface area (TPSA) is 56.1 Å². The number of hydrogen-bond donors (Lipinski definition) is 1. The van der Waals surface area contributed by atoms with E-state index in [4.69, 9.17) is 9.72 Å². The van der Waals surface area contributed by atoms with Gasteiger partial charge in [0, 0.05) is 16.6 Å². The zero-order valence-corrected chi connectivity index (χ0v) is 19.9. The zero-order valence-electron chi connectivity index (χ0n) is 18.3. The molecule has 0 unspecified atom stereocenters. The first-order valence-electron chi connectivity index (χ1n) is 10.7. The Bertz CT molecular complexity index is 1230. The Morgan fingerprint density at radius 3 is 2.66 bits per heavy atom. The lowest BCUT2D eigenvalue weighted by molar-refractivity contribution is 0.0949. The highest BCUT2D eigenvalue weighted by Gasteiger charge is 2.12. The van der Waals surface area contributed by atoms with Gasteiger partial charge in [-0.25, -0.2) is 4.98 Å². The predicted molar refractivity (Wildman–Crippen MR) is 131 cm³/mol. The molecule has 0 saturated heterocycles. The van der Waals surface area contributed by atoms with Crippen LogP contribution in [0.5, 0.6) is 5.75 Å². The number of ether oxygens (including phenoxy) is 1. The van der Waals surface area contributed by atoms with E-state index in [1.165, 1.54) is 5.56 Å². The number of para-hydroxylation sites is 2. The van der Waals surface area contributed by atoms with Crippen molar-refractivity contribution in [2.45, 2.75) is 33.4 Å². The van der Waals surface area contributed by atoms with Crippen LogP contribution >= 0.6 is 15.9 Å². The van der Waals surface area contributed by atoms with Crippen molar-refractivity contribution in [3.63, 3.8) is 0 Å². The van der Waals surface area contributed by atoms with Gasteiger partial charge in [0.2, 0.25) is 0 Å². The summed E-state index contributed by atoms with van der Waals surface area (Å²) < 4.78 is 9.14. The predicted octanol–water partition coefficient (Wildman–Crippen LogP) is 5.81. The average Bonchev–Trinajstić information content (AvgIpc) is 3.15. The van der Waals surface area contributed by atoms with Gasteiger partial charge in [-0.3, -0.25) is 4.79 Å². The number of nitrogens with zero attached hydrogens (tertiary/aromatic N) is 2. The van der Waals surface area contributed by atoms with Gasteiger partial charge in [0.25, 0.3) is 5.91 Å².